The van der Waals surface area contributed by atoms with Crippen LogP contribution in [-0.4, -0.2) is 20.5 Å². The molecular formula is C8H7N3S2. The molecule has 0 atom stereocenters. The van der Waals surface area contributed by atoms with Crippen LogP contribution in [0.5, 0.6) is 0 Å². The first-order valence-electron chi connectivity index (χ1n) is 4.05. The Labute approximate surface area is 83.8 Å². The largest absolute Gasteiger partial charge is 0.301 e. The Balaban J connectivity index is 2.16. The quantitative estimate of drug-likeness (QED) is 0.720. The molecule has 0 fully saturated rings. The lowest BCUT2D eigenvalue weighted by molar-refractivity contribution is 0.727. The molecule has 0 saturated heterocycles. The van der Waals surface area contributed by atoms with E-state index in [-0.39, 0.29) is 0 Å². The normalized spacial score (nSPS) is 14.8. The molecule has 0 bridgehead atoms. The van der Waals surface area contributed by atoms with Crippen molar-refractivity contribution in [3.8, 4) is 10.7 Å². The molecule has 0 radical (unpaired) electrons. The van der Waals surface area contributed by atoms with E-state index in [4.69, 9.17) is 0 Å². The number of thiophene rings is 1. The van der Waals surface area contributed by atoms with E-state index in [2.05, 4.69) is 26.2 Å². The van der Waals surface area contributed by atoms with Crippen molar-refractivity contribution in [3.63, 3.8) is 0 Å². The summed E-state index contributed by atoms with van der Waals surface area (Å²) < 4.78 is 2.19. The van der Waals surface area contributed by atoms with Gasteiger partial charge in [-0.1, -0.05) is 17.8 Å². The molecule has 13 heavy (non-hydrogen) atoms. The van der Waals surface area contributed by atoms with Crippen LogP contribution in [0.1, 0.15) is 0 Å². The number of hydrogen-bond donors (Lipinski definition) is 0. The lowest BCUT2D eigenvalue weighted by Gasteiger charge is -1.97. The number of nitrogens with zero attached hydrogens (tertiary/aromatic N) is 3. The highest BCUT2D eigenvalue weighted by atomic mass is 32.2. The Morgan fingerprint density at radius 3 is 3.23 bits per heavy atom. The lowest BCUT2D eigenvalue weighted by atomic mass is 10.4. The SMILES string of the molecule is c1csc(-c2nnc3n2CCS3)c1. The zero-order chi connectivity index (χ0) is 8.67. The van der Waals surface area contributed by atoms with E-state index >= 15 is 0 Å². The molecule has 3 rings (SSSR count). The van der Waals surface area contributed by atoms with Crippen molar-refractivity contribution in [2.45, 2.75) is 11.7 Å². The number of thioether (sulfide) groups is 1. The second-order valence-corrected chi connectivity index (χ2v) is 4.79. The van der Waals surface area contributed by atoms with Crippen molar-refractivity contribution in [1.29, 1.82) is 0 Å². The number of fused-ring (bicyclic) bond motifs is 1. The minimum atomic E-state index is 1.02. The average Bonchev–Trinajstić information content (AvgIpc) is 2.79. The summed E-state index contributed by atoms with van der Waals surface area (Å²) in [5, 5.41) is 11.4. The number of hydrogen-bond acceptors (Lipinski definition) is 4. The molecule has 5 heteroatoms. The van der Waals surface area contributed by atoms with E-state index in [1.807, 2.05) is 6.07 Å². The summed E-state index contributed by atoms with van der Waals surface area (Å²) in [6.07, 6.45) is 0. The maximum atomic E-state index is 4.18. The Kier molecular flexibility index (Phi) is 1.66. The van der Waals surface area contributed by atoms with Gasteiger partial charge in [-0.3, -0.25) is 0 Å². The smallest absolute Gasteiger partial charge is 0.191 e. The molecular weight excluding hydrogens is 202 g/mol. The van der Waals surface area contributed by atoms with Gasteiger partial charge < -0.3 is 4.57 Å². The van der Waals surface area contributed by atoms with Gasteiger partial charge in [-0.05, 0) is 11.4 Å². The maximum Gasteiger partial charge on any atom is 0.191 e. The van der Waals surface area contributed by atoms with Crippen LogP contribution in [0, 0.1) is 0 Å². The molecule has 0 N–H and O–H groups in total. The van der Waals surface area contributed by atoms with E-state index in [0.29, 0.717) is 0 Å². The second kappa shape index (κ2) is 2.85. The Morgan fingerprint density at radius 1 is 1.38 bits per heavy atom. The third kappa shape index (κ3) is 1.11. The molecule has 0 aliphatic carbocycles. The summed E-state index contributed by atoms with van der Waals surface area (Å²) in [5.74, 6) is 2.15. The molecule has 0 aromatic carbocycles. The molecule has 2 aromatic rings. The zero-order valence-electron chi connectivity index (χ0n) is 6.80. The van der Waals surface area contributed by atoms with E-state index in [0.717, 1.165) is 23.3 Å². The number of rotatable bonds is 1. The van der Waals surface area contributed by atoms with Gasteiger partial charge in [-0.25, -0.2) is 0 Å². The molecule has 1 aliphatic rings. The van der Waals surface area contributed by atoms with E-state index < -0.39 is 0 Å². The zero-order valence-corrected chi connectivity index (χ0v) is 8.44. The van der Waals surface area contributed by atoms with Gasteiger partial charge >= 0.3 is 0 Å². The van der Waals surface area contributed by atoms with Gasteiger partial charge in [0.15, 0.2) is 11.0 Å². The Bertz CT molecular complexity index is 419. The second-order valence-electron chi connectivity index (χ2n) is 2.78. The molecule has 2 aromatic heterocycles. The Hall–Kier alpha value is -0.810. The van der Waals surface area contributed by atoms with E-state index in [1.54, 1.807) is 23.1 Å². The van der Waals surface area contributed by atoms with Gasteiger partial charge in [0.1, 0.15) is 0 Å². The third-order valence-corrected chi connectivity index (χ3v) is 3.82. The Morgan fingerprint density at radius 2 is 2.38 bits per heavy atom. The van der Waals surface area contributed by atoms with Crippen LogP contribution in [-0.2, 0) is 6.54 Å². The van der Waals surface area contributed by atoms with Gasteiger partial charge in [-0.2, -0.15) is 0 Å². The average molecular weight is 209 g/mol. The van der Waals surface area contributed by atoms with Crippen molar-refractivity contribution in [3.05, 3.63) is 17.5 Å². The van der Waals surface area contributed by atoms with Gasteiger partial charge in [0.25, 0.3) is 0 Å². The van der Waals surface area contributed by atoms with Crippen molar-refractivity contribution in [2.75, 3.05) is 5.75 Å². The van der Waals surface area contributed by atoms with Crippen molar-refractivity contribution in [1.82, 2.24) is 14.8 Å². The van der Waals surface area contributed by atoms with Gasteiger partial charge in [0.05, 0.1) is 4.88 Å². The van der Waals surface area contributed by atoms with Crippen LogP contribution in [0.25, 0.3) is 10.7 Å². The highest BCUT2D eigenvalue weighted by Crippen LogP contribution is 2.30. The van der Waals surface area contributed by atoms with Crippen molar-refractivity contribution < 1.29 is 0 Å². The van der Waals surface area contributed by atoms with Crippen LogP contribution >= 0.6 is 23.1 Å². The lowest BCUT2D eigenvalue weighted by Crippen LogP contribution is -1.95. The summed E-state index contributed by atoms with van der Waals surface area (Å²) in [6.45, 7) is 1.04. The minimum absolute atomic E-state index is 1.02. The molecule has 66 valence electrons. The van der Waals surface area contributed by atoms with Gasteiger partial charge in [0.2, 0.25) is 0 Å². The predicted molar refractivity (Wildman–Crippen MR) is 54.1 cm³/mol. The molecule has 1 aliphatic heterocycles. The van der Waals surface area contributed by atoms with Crippen LogP contribution < -0.4 is 0 Å². The summed E-state index contributed by atoms with van der Waals surface area (Å²) in [6, 6.07) is 4.13. The predicted octanol–water partition coefficient (Wildman–Crippen LogP) is 2.11. The van der Waals surface area contributed by atoms with Crippen LogP contribution in [0.15, 0.2) is 22.7 Å². The van der Waals surface area contributed by atoms with Crippen molar-refractivity contribution in [2.24, 2.45) is 0 Å². The summed E-state index contributed by atoms with van der Waals surface area (Å²) in [7, 11) is 0. The molecule has 0 amide bonds. The first kappa shape index (κ1) is 7.58. The first-order valence-corrected chi connectivity index (χ1v) is 5.91. The standard InChI is InChI=1S/C8H7N3S2/c1-2-6(12-4-1)7-9-10-8-11(7)3-5-13-8/h1-2,4H,3,5H2. The van der Waals surface area contributed by atoms with E-state index in [9.17, 15) is 0 Å². The molecule has 0 saturated carbocycles. The third-order valence-electron chi connectivity index (χ3n) is 2.00. The van der Waals surface area contributed by atoms with Crippen LogP contribution in [0.2, 0.25) is 0 Å². The summed E-state index contributed by atoms with van der Waals surface area (Å²) in [5.41, 5.74) is 0. The van der Waals surface area contributed by atoms with Crippen LogP contribution in [0.4, 0.5) is 0 Å². The fourth-order valence-corrected chi connectivity index (χ4v) is 3.02. The number of aromatic nitrogens is 3. The monoisotopic (exact) mass is 209 g/mol. The maximum absolute atomic E-state index is 4.18. The minimum Gasteiger partial charge on any atom is -0.301 e. The molecule has 3 heterocycles. The fraction of sp³-hybridized carbons (Fsp3) is 0.250. The molecule has 0 spiro atoms. The highest BCUT2D eigenvalue weighted by molar-refractivity contribution is 7.99. The van der Waals surface area contributed by atoms with Gasteiger partial charge in [-0.15, -0.1) is 21.5 Å². The van der Waals surface area contributed by atoms with Crippen LogP contribution in [0.3, 0.4) is 0 Å². The summed E-state index contributed by atoms with van der Waals surface area (Å²) >= 11 is 3.49. The molecule has 3 nitrogen and oxygen atoms in total. The van der Waals surface area contributed by atoms with Crippen molar-refractivity contribution >= 4 is 23.1 Å². The highest BCUT2D eigenvalue weighted by Gasteiger charge is 2.19. The first-order chi connectivity index (χ1) is 6.45. The topological polar surface area (TPSA) is 30.7 Å². The van der Waals surface area contributed by atoms with Gasteiger partial charge in [0, 0.05) is 12.3 Å². The van der Waals surface area contributed by atoms with E-state index in [1.165, 1.54) is 4.88 Å². The fourth-order valence-electron chi connectivity index (χ4n) is 1.41. The molecule has 0 unspecified atom stereocenters. The summed E-state index contributed by atoms with van der Waals surface area (Å²) in [4.78, 5) is 1.21.